The minimum Gasteiger partial charge on any atom is -0.481 e. The first-order valence-corrected chi connectivity index (χ1v) is 8.33. The molecule has 0 aliphatic rings. The zero-order valence-corrected chi connectivity index (χ0v) is 15.7. The van der Waals surface area contributed by atoms with E-state index in [-0.39, 0.29) is 0 Å². The second-order valence-electron chi connectivity index (χ2n) is 6.23. The number of aliphatic hydroxyl groups excluding tert-OH is 1. The quantitative estimate of drug-likeness (QED) is 0.151. The van der Waals surface area contributed by atoms with Crippen molar-refractivity contribution < 1.29 is 44.1 Å². The molecule has 0 rings (SSSR count). The fourth-order valence-corrected chi connectivity index (χ4v) is 1.95. The van der Waals surface area contributed by atoms with E-state index in [0.29, 0.717) is 0 Å². The molecule has 29 heavy (non-hydrogen) atoms. The third-order valence-corrected chi connectivity index (χ3v) is 3.61. The van der Waals surface area contributed by atoms with E-state index >= 15 is 0 Å². The van der Waals surface area contributed by atoms with Crippen LogP contribution in [0.25, 0.3) is 0 Å². The lowest BCUT2D eigenvalue weighted by molar-refractivity contribution is -0.147. The lowest BCUT2D eigenvalue weighted by Gasteiger charge is -2.23. The van der Waals surface area contributed by atoms with Gasteiger partial charge >= 0.3 is 11.9 Å². The third kappa shape index (κ3) is 9.48. The zero-order chi connectivity index (χ0) is 22.9. The molecule has 5 atom stereocenters. The summed E-state index contributed by atoms with van der Waals surface area (Å²) in [4.78, 5) is 69.1. The zero-order valence-electron chi connectivity index (χ0n) is 15.7. The number of carboxylic acid groups (broad SMARTS) is 2. The molecular weight excluding hydrogens is 394 g/mol. The Balaban J connectivity index is 5.17. The van der Waals surface area contributed by atoms with Crippen LogP contribution in [0, 0.1) is 0 Å². The van der Waals surface area contributed by atoms with E-state index in [1.807, 2.05) is 5.32 Å². The maximum absolute atomic E-state index is 12.2. The van der Waals surface area contributed by atoms with Crippen molar-refractivity contribution in [1.82, 2.24) is 16.0 Å². The van der Waals surface area contributed by atoms with E-state index < -0.39 is 78.7 Å². The van der Waals surface area contributed by atoms with Gasteiger partial charge in [-0.3, -0.25) is 24.0 Å². The monoisotopic (exact) mass is 419 g/mol. The lowest BCUT2D eigenvalue weighted by atomic mass is 10.1. The first-order valence-electron chi connectivity index (χ1n) is 8.33. The van der Waals surface area contributed by atoms with E-state index in [1.165, 1.54) is 13.8 Å². The summed E-state index contributed by atoms with van der Waals surface area (Å²) in [5.74, 6) is -7.11. The molecule has 164 valence electrons. The number of nitrogens with one attached hydrogen (secondary N) is 3. The Morgan fingerprint density at radius 2 is 1.34 bits per heavy atom. The Kier molecular flexibility index (Phi) is 10.3. The number of amides is 4. The summed E-state index contributed by atoms with van der Waals surface area (Å²) in [5.41, 5.74) is 10.4. The van der Waals surface area contributed by atoms with Gasteiger partial charge in [0.25, 0.3) is 0 Å². The number of carboxylic acids is 2. The van der Waals surface area contributed by atoms with Gasteiger partial charge in [-0.15, -0.1) is 0 Å². The average Bonchev–Trinajstić information content (AvgIpc) is 2.58. The largest absolute Gasteiger partial charge is 0.481 e. The number of carbonyl (C=O) groups excluding carboxylic acids is 4. The summed E-state index contributed by atoms with van der Waals surface area (Å²) in [7, 11) is 0. The lowest BCUT2D eigenvalue weighted by Crippen LogP contribution is -2.58. The molecule has 0 aliphatic heterocycles. The number of nitrogens with two attached hydrogens (primary N) is 2. The average molecular weight is 419 g/mol. The molecule has 0 bridgehead atoms. The third-order valence-electron chi connectivity index (χ3n) is 3.61. The van der Waals surface area contributed by atoms with Gasteiger partial charge in [-0.1, -0.05) is 0 Å². The van der Waals surface area contributed by atoms with Crippen LogP contribution in [0.2, 0.25) is 0 Å². The molecule has 0 spiro atoms. The Bertz CT molecular complexity index is 667. The molecule has 0 saturated heterocycles. The molecule has 0 aromatic heterocycles. The van der Waals surface area contributed by atoms with Gasteiger partial charge in [-0.2, -0.15) is 0 Å². The van der Waals surface area contributed by atoms with E-state index in [0.717, 1.165) is 0 Å². The number of aliphatic carboxylic acids is 2. The van der Waals surface area contributed by atoms with Crippen LogP contribution in [-0.4, -0.2) is 81.2 Å². The molecule has 0 radical (unpaired) electrons. The number of aliphatic hydroxyl groups is 1. The van der Waals surface area contributed by atoms with Crippen LogP contribution in [0.3, 0.4) is 0 Å². The smallest absolute Gasteiger partial charge is 0.326 e. The molecule has 0 heterocycles. The van der Waals surface area contributed by atoms with Gasteiger partial charge in [0, 0.05) is 0 Å². The predicted molar refractivity (Wildman–Crippen MR) is 94.8 cm³/mol. The first kappa shape index (κ1) is 25.7. The molecule has 0 aromatic rings. The van der Waals surface area contributed by atoms with Crippen LogP contribution >= 0.6 is 0 Å². The maximum Gasteiger partial charge on any atom is 0.326 e. The van der Waals surface area contributed by atoms with Crippen molar-refractivity contribution in [2.45, 2.75) is 57.0 Å². The molecule has 0 aromatic carbocycles. The SMILES string of the molecule is C[C@H](NC(=O)[C@@H](N)[C@@H](C)O)C(=O)N[C@@H](CC(N)=O)C(=O)N[C@@H](CC(=O)O)C(=O)O. The number of primary amides is 1. The topological polar surface area (TPSA) is 251 Å². The van der Waals surface area contributed by atoms with Crippen LogP contribution in [0.5, 0.6) is 0 Å². The highest BCUT2D eigenvalue weighted by Crippen LogP contribution is 1.99. The molecule has 10 N–H and O–H groups in total. The molecule has 4 amide bonds. The Labute approximate surface area is 165 Å². The highest BCUT2D eigenvalue weighted by Gasteiger charge is 2.31. The highest BCUT2D eigenvalue weighted by atomic mass is 16.4. The van der Waals surface area contributed by atoms with Crippen molar-refractivity contribution in [3.05, 3.63) is 0 Å². The number of carbonyl (C=O) groups is 6. The van der Waals surface area contributed by atoms with Crippen LogP contribution < -0.4 is 27.4 Å². The second-order valence-corrected chi connectivity index (χ2v) is 6.23. The van der Waals surface area contributed by atoms with Crippen LogP contribution in [0.4, 0.5) is 0 Å². The number of hydrogen-bond donors (Lipinski definition) is 8. The number of rotatable bonds is 12. The second kappa shape index (κ2) is 11.6. The van der Waals surface area contributed by atoms with Gasteiger partial charge in [0.2, 0.25) is 23.6 Å². The summed E-state index contributed by atoms with van der Waals surface area (Å²) in [6, 6.07) is -6.00. The Morgan fingerprint density at radius 1 is 0.828 bits per heavy atom. The molecular formula is C15H25N5O9. The van der Waals surface area contributed by atoms with Crippen molar-refractivity contribution in [1.29, 1.82) is 0 Å². The van der Waals surface area contributed by atoms with Gasteiger partial charge < -0.3 is 42.7 Å². The standard InChI is InChI=1S/C15H25N5O9/c1-5(18-14(27)11(17)6(2)21)12(25)19-7(3-9(16)22)13(26)20-8(15(28)29)4-10(23)24/h5-8,11,21H,3-4,17H2,1-2H3,(H2,16,22)(H,18,27)(H,19,25)(H,20,26)(H,23,24)(H,28,29)/t5-,6+,7-,8-,11-/m0/s1. The molecule has 14 heteroatoms. The Hall–Kier alpha value is -3.26. The van der Waals surface area contributed by atoms with Crippen molar-refractivity contribution in [2.75, 3.05) is 0 Å². The van der Waals surface area contributed by atoms with Gasteiger partial charge in [0.1, 0.15) is 24.2 Å². The van der Waals surface area contributed by atoms with Crippen molar-refractivity contribution in [3.8, 4) is 0 Å². The van der Waals surface area contributed by atoms with Crippen LogP contribution in [-0.2, 0) is 28.8 Å². The van der Waals surface area contributed by atoms with Crippen LogP contribution in [0.1, 0.15) is 26.7 Å². The van der Waals surface area contributed by atoms with E-state index in [4.69, 9.17) is 21.7 Å². The minimum absolute atomic E-state index is 0.717. The minimum atomic E-state index is -1.81. The molecule has 0 saturated carbocycles. The highest BCUT2D eigenvalue weighted by molar-refractivity contribution is 5.96. The predicted octanol–water partition coefficient (Wildman–Crippen LogP) is -4.40. The van der Waals surface area contributed by atoms with Crippen molar-refractivity contribution >= 4 is 35.6 Å². The van der Waals surface area contributed by atoms with Gasteiger partial charge in [-0.25, -0.2) is 4.79 Å². The summed E-state index contributed by atoms with van der Waals surface area (Å²) in [6.45, 7) is 2.49. The Morgan fingerprint density at radius 3 is 1.76 bits per heavy atom. The number of hydrogen-bond acceptors (Lipinski definition) is 8. The summed E-state index contributed by atoms with van der Waals surface area (Å²) in [5, 5.41) is 33.1. The van der Waals surface area contributed by atoms with E-state index in [2.05, 4.69) is 10.6 Å². The maximum atomic E-state index is 12.2. The summed E-state index contributed by atoms with van der Waals surface area (Å²) < 4.78 is 0. The molecule has 0 fully saturated rings. The van der Waals surface area contributed by atoms with Crippen molar-refractivity contribution in [3.63, 3.8) is 0 Å². The van der Waals surface area contributed by atoms with Crippen LogP contribution in [0.15, 0.2) is 0 Å². The molecule has 0 unspecified atom stereocenters. The van der Waals surface area contributed by atoms with E-state index in [1.54, 1.807) is 0 Å². The fourth-order valence-electron chi connectivity index (χ4n) is 1.95. The van der Waals surface area contributed by atoms with Crippen molar-refractivity contribution in [2.24, 2.45) is 11.5 Å². The fraction of sp³-hybridized carbons (Fsp3) is 0.600. The van der Waals surface area contributed by atoms with Gasteiger partial charge in [0.15, 0.2) is 0 Å². The van der Waals surface area contributed by atoms with Gasteiger partial charge in [0.05, 0.1) is 18.9 Å². The summed E-state index contributed by atoms with van der Waals surface area (Å²) >= 11 is 0. The summed E-state index contributed by atoms with van der Waals surface area (Å²) in [6.07, 6.45) is -2.85. The normalized spacial score (nSPS) is 15.7. The van der Waals surface area contributed by atoms with E-state index in [9.17, 15) is 33.9 Å². The van der Waals surface area contributed by atoms with Gasteiger partial charge in [-0.05, 0) is 13.8 Å². The first-order chi connectivity index (χ1) is 13.3. The molecule has 0 aliphatic carbocycles. The molecule has 14 nitrogen and oxygen atoms in total.